The molecule has 1 unspecified atom stereocenters. The van der Waals surface area contributed by atoms with Crippen LogP contribution in [0, 0.1) is 22.7 Å². The molecule has 0 saturated carbocycles. The summed E-state index contributed by atoms with van der Waals surface area (Å²) in [5.41, 5.74) is -2.62. The van der Waals surface area contributed by atoms with Crippen LogP contribution in [-0.4, -0.2) is 4.89 Å². The van der Waals surface area contributed by atoms with Crippen molar-refractivity contribution in [3.05, 3.63) is 29.3 Å². The van der Waals surface area contributed by atoms with Crippen molar-refractivity contribution in [1.82, 2.24) is 0 Å². The predicted molar refractivity (Wildman–Crippen MR) is 61.0 cm³/mol. The molecule has 1 aromatic rings. The topological polar surface area (TPSA) is 67.8 Å². The number of nitriles is 2. The van der Waals surface area contributed by atoms with E-state index in [0.717, 1.165) is 0 Å². The van der Waals surface area contributed by atoms with Crippen LogP contribution < -0.4 is 5.30 Å². The lowest BCUT2D eigenvalue weighted by molar-refractivity contribution is 0.648. The summed E-state index contributed by atoms with van der Waals surface area (Å²) < 4.78 is 0. The van der Waals surface area contributed by atoms with E-state index in [9.17, 15) is 4.89 Å². The zero-order valence-corrected chi connectivity index (χ0v) is 9.48. The normalized spacial score (nSPS) is 13.7. The van der Waals surface area contributed by atoms with E-state index in [2.05, 4.69) is 12.2 Å². The van der Waals surface area contributed by atoms with E-state index in [1.165, 1.54) is 12.1 Å². The molecular formula is C8H5N2OPS2. The molecule has 6 heteroatoms. The third-order valence-electron chi connectivity index (χ3n) is 1.57. The van der Waals surface area contributed by atoms with Gasteiger partial charge in [-0.15, -0.1) is 12.2 Å². The average Bonchev–Trinajstić information content (AvgIpc) is 2.15. The maximum Gasteiger partial charge on any atom is 0.145 e. The Labute approximate surface area is 91.9 Å². The number of nitrogens with zero attached hydrogens (tertiary/aromatic N) is 2. The van der Waals surface area contributed by atoms with Crippen LogP contribution in [0.25, 0.3) is 0 Å². The van der Waals surface area contributed by atoms with Crippen LogP contribution in [0.3, 0.4) is 0 Å². The molecule has 0 aliphatic rings. The van der Waals surface area contributed by atoms with Crippen LogP contribution in [0.2, 0.25) is 0 Å². The summed E-state index contributed by atoms with van der Waals surface area (Å²) in [7, 11) is 0. The zero-order valence-electron chi connectivity index (χ0n) is 6.88. The fraction of sp³-hybridized carbons (Fsp3) is 0. The quantitative estimate of drug-likeness (QED) is 0.573. The van der Waals surface area contributed by atoms with Crippen molar-refractivity contribution in [2.24, 2.45) is 0 Å². The number of hydrogen-bond acceptors (Lipinski definition) is 3. The van der Waals surface area contributed by atoms with E-state index in [0.29, 0.717) is 0 Å². The minimum absolute atomic E-state index is 0.184. The SMILES string of the molecule is N#Cc1cccc(C#N)c1P(O)(=S)S. The van der Waals surface area contributed by atoms with Crippen LogP contribution in [0.4, 0.5) is 0 Å². The van der Waals surface area contributed by atoms with Crippen LogP contribution in [-0.2, 0) is 11.8 Å². The summed E-state index contributed by atoms with van der Waals surface area (Å²) in [6, 6.07) is 8.33. The minimum atomic E-state index is -3.04. The summed E-state index contributed by atoms with van der Waals surface area (Å²) in [5.74, 6) is 0. The van der Waals surface area contributed by atoms with Crippen LogP contribution >= 0.6 is 17.7 Å². The van der Waals surface area contributed by atoms with E-state index in [4.69, 9.17) is 22.3 Å². The fourth-order valence-corrected chi connectivity index (χ4v) is 3.15. The molecule has 0 bridgehead atoms. The molecule has 14 heavy (non-hydrogen) atoms. The lowest BCUT2D eigenvalue weighted by atomic mass is 10.1. The Kier molecular flexibility index (Phi) is 3.31. The van der Waals surface area contributed by atoms with E-state index < -0.39 is 5.47 Å². The van der Waals surface area contributed by atoms with Crippen molar-refractivity contribution < 1.29 is 4.89 Å². The Morgan fingerprint density at radius 1 is 1.29 bits per heavy atom. The molecule has 1 N–H and O–H groups in total. The van der Waals surface area contributed by atoms with Crippen molar-refractivity contribution in [2.45, 2.75) is 0 Å². The van der Waals surface area contributed by atoms with Crippen LogP contribution in [0.1, 0.15) is 11.1 Å². The highest BCUT2D eigenvalue weighted by Gasteiger charge is 2.19. The summed E-state index contributed by atoms with van der Waals surface area (Å²) in [6.45, 7) is 0. The largest absolute Gasteiger partial charge is 0.354 e. The third kappa shape index (κ3) is 2.15. The number of rotatable bonds is 1. The second-order valence-electron chi connectivity index (χ2n) is 2.47. The molecular weight excluding hydrogens is 235 g/mol. The zero-order chi connectivity index (χ0) is 10.8. The van der Waals surface area contributed by atoms with Gasteiger partial charge in [0.1, 0.15) is 5.47 Å². The van der Waals surface area contributed by atoms with E-state index in [1.54, 1.807) is 6.07 Å². The van der Waals surface area contributed by atoms with E-state index in [1.807, 2.05) is 12.1 Å². The Bertz CT molecular complexity index is 463. The molecule has 1 rings (SSSR count). The first kappa shape index (κ1) is 11.2. The Balaban J connectivity index is 3.63. The van der Waals surface area contributed by atoms with Crippen LogP contribution in [0.5, 0.6) is 0 Å². The molecule has 0 aromatic heterocycles. The summed E-state index contributed by atoms with van der Waals surface area (Å²) in [5, 5.41) is 17.7. The van der Waals surface area contributed by atoms with Crippen LogP contribution in [0.15, 0.2) is 18.2 Å². The summed E-state index contributed by atoms with van der Waals surface area (Å²) in [4.78, 5) is 9.60. The maximum absolute atomic E-state index is 9.60. The highest BCUT2D eigenvalue weighted by molar-refractivity contribution is 8.63. The van der Waals surface area contributed by atoms with Gasteiger partial charge in [-0.3, -0.25) is 0 Å². The summed E-state index contributed by atoms with van der Waals surface area (Å²) in [6.07, 6.45) is 0. The van der Waals surface area contributed by atoms with Crippen molar-refractivity contribution in [3.8, 4) is 12.1 Å². The van der Waals surface area contributed by atoms with Gasteiger partial charge in [0.15, 0.2) is 0 Å². The van der Waals surface area contributed by atoms with Gasteiger partial charge in [-0.1, -0.05) is 17.9 Å². The smallest absolute Gasteiger partial charge is 0.145 e. The van der Waals surface area contributed by atoms with Gasteiger partial charge in [-0.25, -0.2) is 0 Å². The predicted octanol–water partition coefficient (Wildman–Crippen LogP) is 1.29. The van der Waals surface area contributed by atoms with Crippen molar-refractivity contribution in [1.29, 1.82) is 10.5 Å². The standard InChI is InChI=1S/C8H5N2OPS2/c9-4-6-2-1-3-7(5-10)8(6)12(11,13)14/h1-3H,(H2,11,13,14). The van der Waals surface area contributed by atoms with Crippen molar-refractivity contribution in [3.63, 3.8) is 0 Å². The van der Waals surface area contributed by atoms with Crippen molar-refractivity contribution >= 4 is 34.8 Å². The van der Waals surface area contributed by atoms with Gasteiger partial charge >= 0.3 is 0 Å². The fourth-order valence-electron chi connectivity index (χ4n) is 1.04. The highest BCUT2D eigenvalue weighted by atomic mass is 32.9. The van der Waals surface area contributed by atoms with Gasteiger partial charge in [0.25, 0.3) is 0 Å². The molecule has 0 radical (unpaired) electrons. The van der Waals surface area contributed by atoms with Gasteiger partial charge in [-0.05, 0) is 12.1 Å². The number of hydrogen-bond donors (Lipinski definition) is 2. The molecule has 0 aliphatic heterocycles. The highest BCUT2D eigenvalue weighted by Crippen LogP contribution is 2.46. The van der Waals surface area contributed by atoms with E-state index in [-0.39, 0.29) is 16.4 Å². The molecule has 1 atom stereocenters. The Morgan fingerprint density at radius 3 is 2.00 bits per heavy atom. The first-order valence-electron chi connectivity index (χ1n) is 3.50. The van der Waals surface area contributed by atoms with Gasteiger partial charge in [0, 0.05) is 0 Å². The van der Waals surface area contributed by atoms with E-state index >= 15 is 0 Å². The van der Waals surface area contributed by atoms with Gasteiger partial charge in [-0.2, -0.15) is 10.5 Å². The van der Waals surface area contributed by atoms with Gasteiger partial charge < -0.3 is 4.89 Å². The molecule has 3 nitrogen and oxygen atoms in total. The number of thiol groups is 1. The molecule has 0 saturated heterocycles. The molecule has 0 aliphatic carbocycles. The molecule has 0 amide bonds. The third-order valence-corrected chi connectivity index (χ3v) is 3.78. The second-order valence-corrected chi connectivity index (χ2v) is 8.14. The monoisotopic (exact) mass is 240 g/mol. The molecule has 0 spiro atoms. The minimum Gasteiger partial charge on any atom is -0.354 e. The average molecular weight is 240 g/mol. The van der Waals surface area contributed by atoms with Gasteiger partial charge in [0.05, 0.1) is 28.6 Å². The van der Waals surface area contributed by atoms with Crippen molar-refractivity contribution in [2.75, 3.05) is 0 Å². The Morgan fingerprint density at radius 2 is 1.71 bits per heavy atom. The molecule has 70 valence electrons. The maximum atomic E-state index is 9.60. The van der Waals surface area contributed by atoms with Gasteiger partial charge in [0.2, 0.25) is 0 Å². The number of benzene rings is 1. The Hall–Kier alpha value is -0.840. The molecule has 0 heterocycles. The second kappa shape index (κ2) is 4.13. The molecule has 0 fully saturated rings. The lowest BCUT2D eigenvalue weighted by Crippen LogP contribution is -2.10. The first-order valence-corrected chi connectivity index (χ1v) is 7.41. The molecule has 1 aromatic carbocycles. The first-order chi connectivity index (χ1) is 6.50. The lowest BCUT2D eigenvalue weighted by Gasteiger charge is -2.11. The summed E-state index contributed by atoms with van der Waals surface area (Å²) >= 11 is 8.66.